The first-order valence-electron chi connectivity index (χ1n) is 6.31. The second-order valence-corrected chi connectivity index (χ2v) is 4.44. The maximum atomic E-state index is 11.5. The minimum atomic E-state index is -0.176. The Bertz CT molecular complexity index is 405. The van der Waals surface area contributed by atoms with Crippen molar-refractivity contribution in [1.82, 2.24) is 20.8 Å². The summed E-state index contributed by atoms with van der Waals surface area (Å²) in [7, 11) is 0. The topological polar surface area (TPSA) is 70.2 Å². The molecule has 0 spiro atoms. The molecule has 0 aliphatic carbocycles. The third-order valence-corrected chi connectivity index (χ3v) is 2.91. The largest absolute Gasteiger partial charge is 0.352 e. The molecule has 0 radical (unpaired) electrons. The zero-order valence-corrected chi connectivity index (χ0v) is 10.8. The van der Waals surface area contributed by atoms with E-state index in [1.807, 2.05) is 13.0 Å². The van der Waals surface area contributed by atoms with E-state index >= 15 is 0 Å². The Morgan fingerprint density at radius 3 is 3.00 bits per heavy atom. The van der Waals surface area contributed by atoms with E-state index in [9.17, 15) is 4.79 Å². The molecule has 18 heavy (non-hydrogen) atoms. The van der Waals surface area contributed by atoms with E-state index in [-0.39, 0.29) is 5.91 Å². The van der Waals surface area contributed by atoms with Crippen molar-refractivity contribution in [1.29, 1.82) is 0 Å². The summed E-state index contributed by atoms with van der Waals surface area (Å²) in [4.78, 5) is 13.7. The number of nitrogens with one attached hydrogen (secondary N) is 2. The van der Waals surface area contributed by atoms with Crippen molar-refractivity contribution in [2.45, 2.75) is 19.9 Å². The van der Waals surface area contributed by atoms with Crippen LogP contribution in [0.15, 0.2) is 12.1 Å². The molecule has 1 aliphatic rings. The van der Waals surface area contributed by atoms with Crippen molar-refractivity contribution >= 4 is 11.7 Å². The molecule has 1 saturated heterocycles. The van der Waals surface area contributed by atoms with E-state index in [2.05, 4.69) is 32.7 Å². The van der Waals surface area contributed by atoms with E-state index < -0.39 is 0 Å². The number of nitrogens with zero attached hydrogens (tertiary/aromatic N) is 3. The molecule has 98 valence electrons. The summed E-state index contributed by atoms with van der Waals surface area (Å²) in [6.07, 6.45) is 0. The standard InChI is InChI=1S/C12H19N5O/c1-3-13-12(18)10-4-5-11(16-15-10)17-7-6-14-9(2)8-17/h4-5,9,14H,3,6-8H2,1-2H3,(H,13,18)/t9-/m1/s1. The Kier molecular flexibility index (Phi) is 4.09. The van der Waals surface area contributed by atoms with Crippen LogP contribution in [0.5, 0.6) is 0 Å². The summed E-state index contributed by atoms with van der Waals surface area (Å²) in [5.74, 6) is 0.654. The van der Waals surface area contributed by atoms with Gasteiger partial charge in [-0.05, 0) is 26.0 Å². The number of carbonyl (C=O) groups is 1. The van der Waals surface area contributed by atoms with E-state index in [1.54, 1.807) is 6.07 Å². The molecule has 0 aromatic carbocycles. The molecule has 2 rings (SSSR count). The predicted octanol–water partition coefficient (Wildman–Crippen LogP) is 0.0244. The fourth-order valence-corrected chi connectivity index (χ4v) is 2.01. The molecule has 1 atom stereocenters. The number of hydrogen-bond acceptors (Lipinski definition) is 5. The third kappa shape index (κ3) is 2.95. The molecule has 1 aromatic heterocycles. The fraction of sp³-hybridized carbons (Fsp3) is 0.583. The zero-order valence-electron chi connectivity index (χ0n) is 10.8. The minimum Gasteiger partial charge on any atom is -0.352 e. The third-order valence-electron chi connectivity index (χ3n) is 2.91. The Hall–Kier alpha value is -1.69. The second-order valence-electron chi connectivity index (χ2n) is 4.44. The van der Waals surface area contributed by atoms with Crippen LogP contribution in [-0.4, -0.2) is 48.3 Å². The van der Waals surface area contributed by atoms with E-state index in [0.29, 0.717) is 18.3 Å². The van der Waals surface area contributed by atoms with Gasteiger partial charge in [0.05, 0.1) is 0 Å². The van der Waals surface area contributed by atoms with Gasteiger partial charge in [0.2, 0.25) is 0 Å². The van der Waals surface area contributed by atoms with Crippen LogP contribution in [0.4, 0.5) is 5.82 Å². The summed E-state index contributed by atoms with van der Waals surface area (Å²) >= 11 is 0. The highest BCUT2D eigenvalue weighted by Crippen LogP contribution is 2.11. The SMILES string of the molecule is CCNC(=O)c1ccc(N2CCN[C@H](C)C2)nn1. The normalized spacial score (nSPS) is 19.7. The van der Waals surface area contributed by atoms with Crippen LogP contribution < -0.4 is 15.5 Å². The average Bonchev–Trinajstić information content (AvgIpc) is 2.39. The molecule has 6 nitrogen and oxygen atoms in total. The van der Waals surface area contributed by atoms with Gasteiger partial charge in [-0.3, -0.25) is 4.79 Å². The lowest BCUT2D eigenvalue weighted by Gasteiger charge is -2.32. The molecule has 2 heterocycles. The van der Waals surface area contributed by atoms with Crippen molar-refractivity contribution in [3.05, 3.63) is 17.8 Å². The van der Waals surface area contributed by atoms with Gasteiger partial charge in [0.1, 0.15) is 0 Å². The number of rotatable bonds is 3. The van der Waals surface area contributed by atoms with Gasteiger partial charge in [-0.1, -0.05) is 0 Å². The van der Waals surface area contributed by atoms with Crippen molar-refractivity contribution in [2.24, 2.45) is 0 Å². The Morgan fingerprint density at radius 2 is 2.39 bits per heavy atom. The number of aromatic nitrogens is 2. The lowest BCUT2D eigenvalue weighted by atomic mass is 10.2. The number of piperazine rings is 1. The van der Waals surface area contributed by atoms with Crippen molar-refractivity contribution in [3.8, 4) is 0 Å². The van der Waals surface area contributed by atoms with Gasteiger partial charge in [0.25, 0.3) is 5.91 Å². The molecule has 0 bridgehead atoms. The Morgan fingerprint density at radius 1 is 1.56 bits per heavy atom. The first kappa shape index (κ1) is 12.8. The monoisotopic (exact) mass is 249 g/mol. The summed E-state index contributed by atoms with van der Waals surface area (Å²) in [6, 6.07) is 4.03. The number of carbonyl (C=O) groups excluding carboxylic acids is 1. The predicted molar refractivity (Wildman–Crippen MR) is 69.7 cm³/mol. The van der Waals surface area contributed by atoms with Gasteiger partial charge in [0.15, 0.2) is 11.5 Å². The van der Waals surface area contributed by atoms with E-state index in [0.717, 1.165) is 25.5 Å². The summed E-state index contributed by atoms with van der Waals surface area (Å²) in [5.41, 5.74) is 0.365. The highest BCUT2D eigenvalue weighted by molar-refractivity contribution is 5.92. The van der Waals surface area contributed by atoms with Gasteiger partial charge in [-0.15, -0.1) is 10.2 Å². The van der Waals surface area contributed by atoms with Gasteiger partial charge >= 0.3 is 0 Å². The van der Waals surface area contributed by atoms with Crippen LogP contribution in [0, 0.1) is 0 Å². The van der Waals surface area contributed by atoms with Gasteiger partial charge in [-0.2, -0.15) is 0 Å². The van der Waals surface area contributed by atoms with Crippen LogP contribution in [0.1, 0.15) is 24.3 Å². The van der Waals surface area contributed by atoms with Crippen molar-refractivity contribution < 1.29 is 4.79 Å². The van der Waals surface area contributed by atoms with Crippen LogP contribution >= 0.6 is 0 Å². The van der Waals surface area contributed by atoms with Gasteiger partial charge in [0, 0.05) is 32.2 Å². The molecule has 1 aromatic rings. The molecule has 0 unspecified atom stereocenters. The van der Waals surface area contributed by atoms with Gasteiger partial charge in [-0.25, -0.2) is 0 Å². The lowest BCUT2D eigenvalue weighted by molar-refractivity contribution is 0.0950. The summed E-state index contributed by atoms with van der Waals surface area (Å²) in [5, 5.41) is 14.2. The van der Waals surface area contributed by atoms with Gasteiger partial charge < -0.3 is 15.5 Å². The molecule has 2 N–H and O–H groups in total. The molecule has 1 fully saturated rings. The summed E-state index contributed by atoms with van der Waals surface area (Å²) in [6.45, 7) is 7.39. The maximum absolute atomic E-state index is 11.5. The Labute approximate surface area is 107 Å². The van der Waals surface area contributed by atoms with E-state index in [1.165, 1.54) is 0 Å². The Balaban J connectivity index is 2.05. The fourth-order valence-electron chi connectivity index (χ4n) is 2.01. The van der Waals surface area contributed by atoms with Crippen molar-refractivity contribution in [2.75, 3.05) is 31.1 Å². The number of amides is 1. The van der Waals surface area contributed by atoms with Crippen LogP contribution in [0.3, 0.4) is 0 Å². The number of hydrogen-bond donors (Lipinski definition) is 2. The molecule has 1 amide bonds. The van der Waals surface area contributed by atoms with E-state index in [4.69, 9.17) is 0 Å². The van der Waals surface area contributed by atoms with Crippen molar-refractivity contribution in [3.63, 3.8) is 0 Å². The van der Waals surface area contributed by atoms with Crippen LogP contribution in [0.25, 0.3) is 0 Å². The lowest BCUT2D eigenvalue weighted by Crippen LogP contribution is -2.49. The summed E-state index contributed by atoms with van der Waals surface area (Å²) < 4.78 is 0. The molecule has 1 aliphatic heterocycles. The quantitative estimate of drug-likeness (QED) is 0.790. The highest BCUT2D eigenvalue weighted by Gasteiger charge is 2.17. The average molecular weight is 249 g/mol. The highest BCUT2D eigenvalue weighted by atomic mass is 16.1. The first-order valence-corrected chi connectivity index (χ1v) is 6.31. The molecular formula is C12H19N5O. The second kappa shape index (κ2) is 5.77. The minimum absolute atomic E-state index is 0.176. The molecular weight excluding hydrogens is 230 g/mol. The van der Waals surface area contributed by atoms with Crippen LogP contribution in [-0.2, 0) is 0 Å². The smallest absolute Gasteiger partial charge is 0.271 e. The maximum Gasteiger partial charge on any atom is 0.271 e. The first-order chi connectivity index (χ1) is 8.70. The van der Waals surface area contributed by atoms with Crippen LogP contribution in [0.2, 0.25) is 0 Å². The molecule has 0 saturated carbocycles. The number of anilines is 1. The zero-order chi connectivity index (χ0) is 13.0. The molecule has 6 heteroatoms.